The molecule has 0 radical (unpaired) electrons. The molecule has 1 fully saturated rings. The Hall–Kier alpha value is -1.36. The van der Waals surface area contributed by atoms with Gasteiger partial charge in [-0.3, -0.25) is 0 Å². The van der Waals surface area contributed by atoms with Crippen molar-refractivity contribution in [3.8, 4) is 0 Å². The Morgan fingerprint density at radius 2 is 2.26 bits per heavy atom. The highest BCUT2D eigenvalue weighted by Crippen LogP contribution is 2.38. The Labute approximate surface area is 117 Å². The van der Waals surface area contributed by atoms with Crippen molar-refractivity contribution in [1.82, 2.24) is 9.97 Å². The predicted molar refractivity (Wildman–Crippen MR) is 82.2 cm³/mol. The summed E-state index contributed by atoms with van der Waals surface area (Å²) in [4.78, 5) is 12.6. The fraction of sp³-hybridized carbons (Fsp3) is 0.571. The van der Waals surface area contributed by atoms with Crippen molar-refractivity contribution in [2.75, 3.05) is 23.8 Å². The third kappa shape index (κ3) is 2.39. The lowest BCUT2D eigenvalue weighted by Crippen LogP contribution is -2.31. The van der Waals surface area contributed by atoms with Gasteiger partial charge in [-0.25, -0.2) is 4.98 Å². The average Bonchev–Trinajstić information content (AvgIpc) is 3.15. The Kier molecular flexibility index (Phi) is 3.31. The average molecular weight is 276 g/mol. The molecule has 0 spiro atoms. The monoisotopic (exact) mass is 276 g/mol. The summed E-state index contributed by atoms with van der Waals surface area (Å²) in [5.41, 5.74) is 0. The molecule has 4 nitrogen and oxygen atoms in total. The summed E-state index contributed by atoms with van der Waals surface area (Å²) in [6.07, 6.45) is 2.70. The van der Waals surface area contributed by atoms with Crippen LogP contribution in [0.1, 0.15) is 26.7 Å². The van der Waals surface area contributed by atoms with Gasteiger partial charge in [0.2, 0.25) is 5.95 Å². The van der Waals surface area contributed by atoms with E-state index in [1.54, 1.807) is 11.3 Å². The largest absolute Gasteiger partial charge is 0.356 e. The minimum Gasteiger partial charge on any atom is -0.356 e. The second-order valence-electron chi connectivity index (χ2n) is 5.23. The normalized spacial score (nSPS) is 16.6. The van der Waals surface area contributed by atoms with Crippen molar-refractivity contribution >= 4 is 33.3 Å². The molecule has 1 N–H and O–H groups in total. The third-order valence-corrected chi connectivity index (χ3v) is 4.70. The number of nitrogens with one attached hydrogen (secondary N) is 1. The van der Waals surface area contributed by atoms with Crippen molar-refractivity contribution in [3.05, 3.63) is 11.4 Å². The van der Waals surface area contributed by atoms with E-state index in [0.717, 1.165) is 29.1 Å². The van der Waals surface area contributed by atoms with E-state index >= 15 is 0 Å². The van der Waals surface area contributed by atoms with E-state index < -0.39 is 0 Å². The van der Waals surface area contributed by atoms with Gasteiger partial charge in [-0.1, -0.05) is 0 Å². The van der Waals surface area contributed by atoms with Crippen LogP contribution in [0.4, 0.5) is 11.8 Å². The van der Waals surface area contributed by atoms with Crippen LogP contribution in [0, 0.1) is 5.92 Å². The van der Waals surface area contributed by atoms with Crippen LogP contribution >= 0.6 is 11.3 Å². The Morgan fingerprint density at radius 1 is 1.47 bits per heavy atom. The van der Waals surface area contributed by atoms with Crippen LogP contribution < -0.4 is 10.2 Å². The second-order valence-corrected chi connectivity index (χ2v) is 6.12. The van der Waals surface area contributed by atoms with Crippen molar-refractivity contribution in [1.29, 1.82) is 0 Å². The van der Waals surface area contributed by atoms with E-state index in [0.29, 0.717) is 6.04 Å². The highest BCUT2D eigenvalue weighted by molar-refractivity contribution is 7.16. The molecule has 5 heteroatoms. The summed E-state index contributed by atoms with van der Waals surface area (Å²) in [6.45, 7) is 5.21. The number of thiophene rings is 1. The zero-order valence-electron chi connectivity index (χ0n) is 11.7. The molecule has 2 aromatic heterocycles. The van der Waals surface area contributed by atoms with Crippen LogP contribution in [0.3, 0.4) is 0 Å². The SMILES string of the molecule is CCNc1nc(N(C)C(C)C2CC2)c2ccsc2n1. The summed E-state index contributed by atoms with van der Waals surface area (Å²) < 4.78 is 0. The number of hydrogen-bond donors (Lipinski definition) is 1. The quantitative estimate of drug-likeness (QED) is 0.909. The van der Waals surface area contributed by atoms with Gasteiger partial charge in [0.05, 0.1) is 5.39 Å². The van der Waals surface area contributed by atoms with E-state index in [1.165, 1.54) is 18.2 Å². The van der Waals surface area contributed by atoms with E-state index in [4.69, 9.17) is 4.98 Å². The lowest BCUT2D eigenvalue weighted by Gasteiger charge is -2.26. The lowest BCUT2D eigenvalue weighted by atomic mass is 10.2. The molecule has 0 amide bonds. The lowest BCUT2D eigenvalue weighted by molar-refractivity contribution is 0.605. The van der Waals surface area contributed by atoms with E-state index in [1.807, 2.05) is 0 Å². The number of fused-ring (bicyclic) bond motifs is 1. The molecule has 0 aliphatic heterocycles. The zero-order valence-corrected chi connectivity index (χ0v) is 12.5. The summed E-state index contributed by atoms with van der Waals surface area (Å²) in [7, 11) is 2.15. The fourth-order valence-corrected chi connectivity index (χ4v) is 3.19. The summed E-state index contributed by atoms with van der Waals surface area (Å²) >= 11 is 1.68. The molecule has 2 aromatic rings. The smallest absolute Gasteiger partial charge is 0.226 e. The number of aromatic nitrogens is 2. The van der Waals surface area contributed by atoms with Gasteiger partial charge in [-0.05, 0) is 44.1 Å². The first-order valence-corrected chi connectivity index (χ1v) is 7.80. The molecule has 0 saturated heterocycles. The molecular formula is C14H20N4S. The van der Waals surface area contributed by atoms with Crippen molar-refractivity contribution in [3.63, 3.8) is 0 Å². The van der Waals surface area contributed by atoms with Gasteiger partial charge in [0.1, 0.15) is 10.6 Å². The van der Waals surface area contributed by atoms with E-state index in [2.05, 4.69) is 47.5 Å². The first kappa shape index (κ1) is 12.7. The number of nitrogens with zero attached hydrogens (tertiary/aromatic N) is 3. The first-order valence-electron chi connectivity index (χ1n) is 6.92. The molecule has 102 valence electrons. The van der Waals surface area contributed by atoms with Gasteiger partial charge >= 0.3 is 0 Å². The summed E-state index contributed by atoms with van der Waals surface area (Å²) in [5.74, 6) is 2.63. The molecule has 3 rings (SSSR count). The van der Waals surface area contributed by atoms with Gasteiger partial charge in [0, 0.05) is 19.6 Å². The number of anilines is 2. The van der Waals surface area contributed by atoms with Crippen LogP contribution in [-0.4, -0.2) is 29.6 Å². The van der Waals surface area contributed by atoms with Crippen LogP contribution in [0.5, 0.6) is 0 Å². The number of rotatable bonds is 5. The second kappa shape index (κ2) is 4.96. The Bertz CT molecular complexity index is 576. The maximum Gasteiger partial charge on any atom is 0.226 e. The topological polar surface area (TPSA) is 41.1 Å². The van der Waals surface area contributed by atoms with E-state index in [9.17, 15) is 0 Å². The molecular weight excluding hydrogens is 256 g/mol. The molecule has 1 aliphatic rings. The van der Waals surface area contributed by atoms with E-state index in [-0.39, 0.29) is 0 Å². The van der Waals surface area contributed by atoms with Crippen LogP contribution in [0.2, 0.25) is 0 Å². The standard InChI is InChI=1S/C14H20N4S/c1-4-15-14-16-12(11-7-8-19-13(11)17-14)18(3)9(2)10-5-6-10/h7-10H,4-6H2,1-3H3,(H,15,16,17). The van der Waals surface area contributed by atoms with Crippen LogP contribution in [-0.2, 0) is 0 Å². The molecule has 19 heavy (non-hydrogen) atoms. The Morgan fingerprint density at radius 3 is 2.95 bits per heavy atom. The minimum atomic E-state index is 0.549. The van der Waals surface area contributed by atoms with Crippen molar-refractivity contribution in [2.24, 2.45) is 5.92 Å². The van der Waals surface area contributed by atoms with Gasteiger partial charge in [-0.2, -0.15) is 4.98 Å². The molecule has 1 aliphatic carbocycles. The highest BCUT2D eigenvalue weighted by Gasteiger charge is 2.31. The van der Waals surface area contributed by atoms with Gasteiger partial charge in [-0.15, -0.1) is 11.3 Å². The maximum atomic E-state index is 4.70. The molecule has 0 aromatic carbocycles. The fourth-order valence-electron chi connectivity index (χ4n) is 2.43. The highest BCUT2D eigenvalue weighted by atomic mass is 32.1. The molecule has 2 heterocycles. The van der Waals surface area contributed by atoms with Crippen molar-refractivity contribution in [2.45, 2.75) is 32.7 Å². The maximum absolute atomic E-state index is 4.70. The summed E-state index contributed by atoms with van der Waals surface area (Å²) in [6, 6.07) is 2.67. The van der Waals surface area contributed by atoms with Crippen LogP contribution in [0.15, 0.2) is 11.4 Å². The third-order valence-electron chi connectivity index (χ3n) is 3.89. The number of hydrogen-bond acceptors (Lipinski definition) is 5. The molecule has 1 unspecified atom stereocenters. The first-order chi connectivity index (χ1) is 9.20. The van der Waals surface area contributed by atoms with Gasteiger partial charge < -0.3 is 10.2 Å². The van der Waals surface area contributed by atoms with Gasteiger partial charge in [0.25, 0.3) is 0 Å². The molecule has 1 atom stereocenters. The summed E-state index contributed by atoms with van der Waals surface area (Å²) in [5, 5.41) is 6.49. The molecule has 0 bridgehead atoms. The van der Waals surface area contributed by atoms with Crippen molar-refractivity contribution < 1.29 is 0 Å². The predicted octanol–water partition coefficient (Wildman–Crippen LogP) is 3.36. The van der Waals surface area contributed by atoms with Crippen LogP contribution in [0.25, 0.3) is 10.2 Å². The molecule has 1 saturated carbocycles. The Balaban J connectivity index is 2.01. The zero-order chi connectivity index (χ0) is 13.4. The van der Waals surface area contributed by atoms with Gasteiger partial charge in [0.15, 0.2) is 0 Å². The minimum absolute atomic E-state index is 0.549.